The first kappa shape index (κ1) is 17.3. The molecular weight excluding hydrogens is 256 g/mol. The van der Waals surface area contributed by atoms with E-state index < -0.39 is 0 Å². The highest BCUT2D eigenvalue weighted by Gasteiger charge is 2.29. The van der Waals surface area contributed by atoms with E-state index in [4.69, 9.17) is 0 Å². The smallest absolute Gasteiger partial charge is 0.00940 e. The Hall–Kier alpha value is -0.0800. The molecule has 0 aromatic rings. The number of nitrogens with zero attached hydrogens (tertiary/aromatic N) is 1. The second-order valence-corrected chi connectivity index (χ2v) is 8.84. The van der Waals surface area contributed by atoms with Gasteiger partial charge in [0.1, 0.15) is 0 Å². The highest BCUT2D eigenvalue weighted by Crippen LogP contribution is 2.37. The van der Waals surface area contributed by atoms with Gasteiger partial charge in [0.05, 0.1) is 0 Å². The summed E-state index contributed by atoms with van der Waals surface area (Å²) in [6.45, 7) is 14.5. The molecule has 2 nitrogen and oxygen atoms in total. The lowest BCUT2D eigenvalue weighted by Gasteiger charge is -2.36. The zero-order valence-corrected chi connectivity index (χ0v) is 15.1. The summed E-state index contributed by atoms with van der Waals surface area (Å²) in [5, 5.41) is 4.00. The Bertz CT molecular complexity index is 297. The molecule has 1 saturated heterocycles. The average molecular weight is 295 g/mol. The van der Waals surface area contributed by atoms with Gasteiger partial charge in [-0.1, -0.05) is 27.2 Å². The van der Waals surface area contributed by atoms with Crippen LogP contribution in [0.5, 0.6) is 0 Å². The van der Waals surface area contributed by atoms with Crippen LogP contribution in [0.3, 0.4) is 0 Å². The van der Waals surface area contributed by atoms with Crippen molar-refractivity contribution in [3.63, 3.8) is 0 Å². The van der Waals surface area contributed by atoms with Gasteiger partial charge in [0.15, 0.2) is 0 Å². The van der Waals surface area contributed by atoms with Crippen LogP contribution >= 0.6 is 0 Å². The fourth-order valence-electron chi connectivity index (χ4n) is 4.25. The van der Waals surface area contributed by atoms with E-state index >= 15 is 0 Å². The molecule has 1 N–H and O–H groups in total. The Morgan fingerprint density at radius 2 is 1.48 bits per heavy atom. The lowest BCUT2D eigenvalue weighted by Crippen LogP contribution is -2.47. The van der Waals surface area contributed by atoms with Crippen LogP contribution in [0.1, 0.15) is 79.6 Å². The number of nitrogens with one attached hydrogen (secondary N) is 1. The molecule has 2 unspecified atom stereocenters. The van der Waals surface area contributed by atoms with Crippen molar-refractivity contribution in [3.8, 4) is 0 Å². The highest BCUT2D eigenvalue weighted by atomic mass is 15.2. The summed E-state index contributed by atoms with van der Waals surface area (Å²) >= 11 is 0. The number of rotatable bonds is 3. The van der Waals surface area contributed by atoms with Gasteiger partial charge in [-0.2, -0.15) is 0 Å². The summed E-state index contributed by atoms with van der Waals surface area (Å²) in [6.07, 6.45) is 9.77. The summed E-state index contributed by atoms with van der Waals surface area (Å²) in [7, 11) is 0. The first-order valence-electron chi connectivity index (χ1n) is 9.36. The standard InChI is InChI=1S/C19H38N2/c1-15(2)21-13-11-18(12-14-21)20-17-8-6-7-16(9-10-17)19(3,4)5/h15-18,20H,6-14H2,1-5H3. The maximum absolute atomic E-state index is 4.00. The van der Waals surface area contributed by atoms with Gasteiger partial charge in [-0.05, 0) is 76.8 Å². The minimum Gasteiger partial charge on any atom is -0.311 e. The van der Waals surface area contributed by atoms with Gasteiger partial charge in [0, 0.05) is 18.1 Å². The first-order chi connectivity index (χ1) is 9.86. The molecule has 0 aromatic heterocycles. The zero-order valence-electron chi connectivity index (χ0n) is 15.1. The van der Waals surface area contributed by atoms with E-state index in [0.717, 1.165) is 24.0 Å². The average Bonchev–Trinajstić information content (AvgIpc) is 2.64. The number of piperidine rings is 1. The predicted octanol–water partition coefficient (Wildman–Crippen LogP) is 4.44. The normalized spacial score (nSPS) is 30.6. The molecule has 0 radical (unpaired) electrons. The topological polar surface area (TPSA) is 15.3 Å². The highest BCUT2D eigenvalue weighted by molar-refractivity contribution is 4.85. The van der Waals surface area contributed by atoms with Crippen LogP contribution in [0.25, 0.3) is 0 Å². The largest absolute Gasteiger partial charge is 0.311 e. The van der Waals surface area contributed by atoms with E-state index in [1.54, 1.807) is 0 Å². The van der Waals surface area contributed by atoms with E-state index in [9.17, 15) is 0 Å². The fourth-order valence-corrected chi connectivity index (χ4v) is 4.25. The molecule has 0 bridgehead atoms. The van der Waals surface area contributed by atoms with Crippen molar-refractivity contribution in [2.45, 2.75) is 97.7 Å². The molecule has 21 heavy (non-hydrogen) atoms. The van der Waals surface area contributed by atoms with Crippen LogP contribution in [0.4, 0.5) is 0 Å². The molecule has 1 aliphatic heterocycles. The van der Waals surface area contributed by atoms with E-state index in [-0.39, 0.29) is 0 Å². The molecule has 2 fully saturated rings. The minimum absolute atomic E-state index is 0.498. The number of hydrogen-bond acceptors (Lipinski definition) is 2. The summed E-state index contributed by atoms with van der Waals surface area (Å²) in [4.78, 5) is 2.63. The molecule has 2 atom stereocenters. The molecule has 2 heteroatoms. The third-order valence-electron chi connectivity index (χ3n) is 5.92. The van der Waals surface area contributed by atoms with Gasteiger partial charge in [0.2, 0.25) is 0 Å². The molecule has 1 aliphatic carbocycles. The lowest BCUT2D eigenvalue weighted by molar-refractivity contribution is 0.154. The van der Waals surface area contributed by atoms with Crippen LogP contribution in [-0.4, -0.2) is 36.1 Å². The van der Waals surface area contributed by atoms with E-state index in [1.807, 2.05) is 0 Å². The first-order valence-corrected chi connectivity index (χ1v) is 9.36. The zero-order chi connectivity index (χ0) is 15.5. The Balaban J connectivity index is 1.74. The van der Waals surface area contributed by atoms with Crippen LogP contribution in [0, 0.1) is 11.3 Å². The predicted molar refractivity (Wildman–Crippen MR) is 92.7 cm³/mol. The van der Waals surface area contributed by atoms with Crippen molar-refractivity contribution in [1.82, 2.24) is 10.2 Å². The van der Waals surface area contributed by atoms with Crippen molar-refractivity contribution in [2.75, 3.05) is 13.1 Å². The Morgan fingerprint density at radius 3 is 2.05 bits per heavy atom. The second kappa shape index (κ2) is 7.46. The molecular formula is C19H38N2. The van der Waals surface area contributed by atoms with Gasteiger partial charge in [-0.15, -0.1) is 0 Å². The van der Waals surface area contributed by atoms with E-state index in [0.29, 0.717) is 5.41 Å². The van der Waals surface area contributed by atoms with Gasteiger partial charge in [0.25, 0.3) is 0 Å². The molecule has 0 aromatic carbocycles. The maximum atomic E-state index is 4.00. The van der Waals surface area contributed by atoms with Crippen molar-refractivity contribution in [2.24, 2.45) is 11.3 Å². The molecule has 2 aliphatic rings. The van der Waals surface area contributed by atoms with Gasteiger partial charge < -0.3 is 10.2 Å². The van der Waals surface area contributed by atoms with Crippen LogP contribution in [0.15, 0.2) is 0 Å². The summed E-state index contributed by atoms with van der Waals surface area (Å²) in [5.41, 5.74) is 0.498. The second-order valence-electron chi connectivity index (χ2n) is 8.84. The SMILES string of the molecule is CC(C)N1CCC(NC2CCCC(C(C)(C)C)CC2)CC1. The Labute approximate surface area is 133 Å². The number of hydrogen-bond donors (Lipinski definition) is 1. The third kappa shape index (κ3) is 5.25. The molecule has 0 amide bonds. The number of likely N-dealkylation sites (tertiary alicyclic amines) is 1. The summed E-state index contributed by atoms with van der Waals surface area (Å²) in [5.74, 6) is 0.923. The van der Waals surface area contributed by atoms with Gasteiger partial charge in [-0.3, -0.25) is 0 Å². The van der Waals surface area contributed by atoms with E-state index in [2.05, 4.69) is 44.8 Å². The van der Waals surface area contributed by atoms with Crippen molar-refractivity contribution in [3.05, 3.63) is 0 Å². The van der Waals surface area contributed by atoms with Gasteiger partial charge >= 0.3 is 0 Å². The molecule has 0 spiro atoms. The summed E-state index contributed by atoms with van der Waals surface area (Å²) in [6, 6.07) is 2.28. The van der Waals surface area contributed by atoms with E-state index in [1.165, 1.54) is 58.0 Å². The van der Waals surface area contributed by atoms with Crippen molar-refractivity contribution < 1.29 is 0 Å². The van der Waals surface area contributed by atoms with Crippen LogP contribution < -0.4 is 5.32 Å². The van der Waals surface area contributed by atoms with Crippen LogP contribution in [-0.2, 0) is 0 Å². The minimum atomic E-state index is 0.498. The lowest BCUT2D eigenvalue weighted by atomic mass is 9.76. The maximum Gasteiger partial charge on any atom is 0.00940 e. The van der Waals surface area contributed by atoms with Crippen molar-refractivity contribution in [1.29, 1.82) is 0 Å². The monoisotopic (exact) mass is 294 g/mol. The summed E-state index contributed by atoms with van der Waals surface area (Å²) < 4.78 is 0. The fraction of sp³-hybridized carbons (Fsp3) is 1.00. The van der Waals surface area contributed by atoms with Gasteiger partial charge in [-0.25, -0.2) is 0 Å². The Kier molecular flexibility index (Phi) is 6.14. The molecule has 1 heterocycles. The van der Waals surface area contributed by atoms with Crippen LogP contribution in [0.2, 0.25) is 0 Å². The molecule has 1 saturated carbocycles. The Morgan fingerprint density at radius 1 is 0.857 bits per heavy atom. The molecule has 2 rings (SSSR count). The molecule has 124 valence electrons. The van der Waals surface area contributed by atoms with Crippen molar-refractivity contribution >= 4 is 0 Å². The quantitative estimate of drug-likeness (QED) is 0.774. The third-order valence-corrected chi connectivity index (χ3v) is 5.92.